The minimum Gasteiger partial charge on any atom is -0.482 e. The SMILES string of the molecule is CC(C)(C)c1cccc2c1C(=O)c1c(OC3(C(C)(C)C)C=CC=CC3)cccc1C2=O. The first-order chi connectivity index (χ1) is 14.5. The van der Waals surface area contributed by atoms with Gasteiger partial charge < -0.3 is 4.74 Å². The number of rotatable bonds is 2. The van der Waals surface area contributed by atoms with Crippen molar-refractivity contribution in [2.75, 3.05) is 0 Å². The van der Waals surface area contributed by atoms with Crippen molar-refractivity contribution in [2.45, 2.75) is 59.0 Å². The molecule has 0 aliphatic heterocycles. The summed E-state index contributed by atoms with van der Waals surface area (Å²) in [5.74, 6) is 0.218. The van der Waals surface area contributed by atoms with Gasteiger partial charge in [0.15, 0.2) is 11.6 Å². The van der Waals surface area contributed by atoms with E-state index in [2.05, 4.69) is 53.7 Å². The molecule has 3 nitrogen and oxygen atoms in total. The predicted octanol–water partition coefficient (Wildman–Crippen LogP) is 6.44. The zero-order valence-corrected chi connectivity index (χ0v) is 19.2. The number of carbonyl (C=O) groups is 2. The van der Waals surface area contributed by atoms with Crippen LogP contribution in [0, 0.1) is 5.41 Å². The highest BCUT2D eigenvalue weighted by atomic mass is 16.5. The lowest BCUT2D eigenvalue weighted by molar-refractivity contribution is 0.0120. The number of allylic oxidation sites excluding steroid dienone is 2. The zero-order chi connectivity index (χ0) is 22.6. The highest BCUT2D eigenvalue weighted by Gasteiger charge is 2.44. The van der Waals surface area contributed by atoms with Crippen molar-refractivity contribution in [2.24, 2.45) is 5.41 Å². The minimum atomic E-state index is -0.607. The number of ether oxygens (including phenoxy) is 1. The summed E-state index contributed by atoms with van der Waals surface area (Å²) in [6.45, 7) is 12.6. The standard InChI is InChI=1S/C28H30O3/c1-26(2,3)20-14-10-12-18-22(20)25(30)23-19(24(18)29)13-11-15-21(23)31-28(27(4,5)6)16-8-7-9-17-28/h7-16H,17H2,1-6H3. The average Bonchev–Trinajstić information content (AvgIpc) is 2.70. The molecule has 0 aromatic heterocycles. The van der Waals surface area contributed by atoms with Gasteiger partial charge in [-0.2, -0.15) is 0 Å². The molecule has 2 aromatic carbocycles. The van der Waals surface area contributed by atoms with Crippen molar-refractivity contribution in [1.29, 1.82) is 0 Å². The molecule has 31 heavy (non-hydrogen) atoms. The highest BCUT2D eigenvalue weighted by molar-refractivity contribution is 6.29. The van der Waals surface area contributed by atoms with Gasteiger partial charge in [0.1, 0.15) is 11.4 Å². The third-order valence-electron chi connectivity index (χ3n) is 6.44. The molecule has 0 spiro atoms. The molecule has 2 aliphatic rings. The Hall–Kier alpha value is -2.94. The fourth-order valence-corrected chi connectivity index (χ4v) is 4.50. The first-order valence-corrected chi connectivity index (χ1v) is 10.9. The average molecular weight is 415 g/mol. The lowest BCUT2D eigenvalue weighted by Gasteiger charge is -2.43. The maximum atomic E-state index is 13.9. The second-order valence-electron chi connectivity index (χ2n) is 10.5. The first-order valence-electron chi connectivity index (χ1n) is 10.9. The molecule has 0 saturated carbocycles. The van der Waals surface area contributed by atoms with Gasteiger partial charge in [0.05, 0.1) is 5.56 Å². The van der Waals surface area contributed by atoms with Gasteiger partial charge in [-0.3, -0.25) is 9.59 Å². The summed E-state index contributed by atoms with van der Waals surface area (Å²) >= 11 is 0. The fraction of sp³-hybridized carbons (Fsp3) is 0.357. The van der Waals surface area contributed by atoms with Crippen molar-refractivity contribution >= 4 is 11.6 Å². The van der Waals surface area contributed by atoms with E-state index in [-0.39, 0.29) is 22.4 Å². The summed E-state index contributed by atoms with van der Waals surface area (Å²) in [5.41, 5.74) is 1.58. The van der Waals surface area contributed by atoms with E-state index in [4.69, 9.17) is 4.74 Å². The molecule has 0 saturated heterocycles. The Bertz CT molecular complexity index is 1140. The molecular formula is C28H30O3. The van der Waals surface area contributed by atoms with Gasteiger partial charge in [0.2, 0.25) is 0 Å². The number of carbonyl (C=O) groups excluding carboxylic acids is 2. The Morgan fingerprint density at radius 1 is 0.806 bits per heavy atom. The van der Waals surface area contributed by atoms with Gasteiger partial charge in [-0.1, -0.05) is 90.1 Å². The number of ketones is 2. The second kappa shape index (κ2) is 7.05. The van der Waals surface area contributed by atoms with Crippen LogP contribution < -0.4 is 4.74 Å². The van der Waals surface area contributed by atoms with Crippen molar-refractivity contribution in [3.05, 3.63) is 88.5 Å². The van der Waals surface area contributed by atoms with E-state index in [0.717, 1.165) is 5.56 Å². The van der Waals surface area contributed by atoms with Crippen LogP contribution in [-0.2, 0) is 5.41 Å². The van der Waals surface area contributed by atoms with Crippen LogP contribution >= 0.6 is 0 Å². The Balaban J connectivity index is 1.90. The van der Waals surface area contributed by atoms with E-state index < -0.39 is 5.60 Å². The lowest BCUT2D eigenvalue weighted by Crippen LogP contribution is -2.47. The Morgan fingerprint density at radius 2 is 1.45 bits per heavy atom. The molecule has 1 atom stereocenters. The molecule has 1 unspecified atom stereocenters. The van der Waals surface area contributed by atoms with E-state index >= 15 is 0 Å². The van der Waals surface area contributed by atoms with Gasteiger partial charge in [-0.15, -0.1) is 0 Å². The van der Waals surface area contributed by atoms with Gasteiger partial charge in [-0.05, 0) is 23.1 Å². The van der Waals surface area contributed by atoms with Gasteiger partial charge in [-0.25, -0.2) is 0 Å². The summed E-state index contributed by atoms with van der Waals surface area (Å²) in [6, 6.07) is 10.9. The number of hydrogen-bond donors (Lipinski definition) is 0. The molecule has 0 fully saturated rings. The largest absolute Gasteiger partial charge is 0.482 e. The molecule has 160 valence electrons. The topological polar surface area (TPSA) is 43.4 Å². The maximum absolute atomic E-state index is 13.9. The Kier molecular flexibility index (Phi) is 4.84. The monoisotopic (exact) mass is 414 g/mol. The number of benzene rings is 2. The van der Waals surface area contributed by atoms with E-state index in [1.165, 1.54) is 0 Å². The third kappa shape index (κ3) is 3.37. The molecule has 4 rings (SSSR count). The van der Waals surface area contributed by atoms with Crippen LogP contribution in [-0.4, -0.2) is 17.2 Å². The van der Waals surface area contributed by atoms with Crippen LogP contribution in [0.5, 0.6) is 5.75 Å². The van der Waals surface area contributed by atoms with E-state index in [0.29, 0.717) is 34.4 Å². The predicted molar refractivity (Wildman–Crippen MR) is 124 cm³/mol. The molecule has 2 aromatic rings. The highest BCUT2D eigenvalue weighted by Crippen LogP contribution is 2.44. The summed E-state index contributed by atoms with van der Waals surface area (Å²) in [4.78, 5) is 27.3. The molecule has 0 heterocycles. The van der Waals surface area contributed by atoms with Crippen LogP contribution in [0.1, 0.15) is 85.4 Å². The first kappa shape index (κ1) is 21.3. The van der Waals surface area contributed by atoms with E-state index in [1.54, 1.807) is 18.2 Å². The summed E-state index contributed by atoms with van der Waals surface area (Å²) < 4.78 is 6.65. The van der Waals surface area contributed by atoms with Gasteiger partial charge >= 0.3 is 0 Å². The van der Waals surface area contributed by atoms with Crippen LogP contribution in [0.25, 0.3) is 0 Å². The quantitative estimate of drug-likeness (QED) is 0.485. The molecule has 0 amide bonds. The van der Waals surface area contributed by atoms with Crippen molar-refractivity contribution in [1.82, 2.24) is 0 Å². The molecule has 0 bridgehead atoms. The van der Waals surface area contributed by atoms with Crippen molar-refractivity contribution < 1.29 is 14.3 Å². The van der Waals surface area contributed by atoms with Crippen LogP contribution in [0.15, 0.2) is 60.7 Å². The zero-order valence-electron chi connectivity index (χ0n) is 19.2. The van der Waals surface area contributed by atoms with E-state index in [9.17, 15) is 9.59 Å². The Labute approximate surface area is 184 Å². The molecule has 0 N–H and O–H groups in total. The molecular weight excluding hydrogens is 384 g/mol. The second-order valence-corrected chi connectivity index (χ2v) is 10.5. The van der Waals surface area contributed by atoms with Gasteiger partial charge in [0, 0.05) is 28.5 Å². The van der Waals surface area contributed by atoms with Crippen LogP contribution in [0.2, 0.25) is 0 Å². The summed E-state index contributed by atoms with van der Waals surface area (Å²) in [5, 5.41) is 0. The van der Waals surface area contributed by atoms with Crippen LogP contribution in [0.3, 0.4) is 0 Å². The molecule has 2 aliphatic carbocycles. The Morgan fingerprint density at radius 3 is 2.03 bits per heavy atom. The smallest absolute Gasteiger partial charge is 0.198 e. The molecule has 3 heteroatoms. The van der Waals surface area contributed by atoms with E-state index in [1.807, 2.05) is 30.4 Å². The normalized spacial score (nSPS) is 20.5. The number of hydrogen-bond acceptors (Lipinski definition) is 3. The fourth-order valence-electron chi connectivity index (χ4n) is 4.50. The van der Waals surface area contributed by atoms with Gasteiger partial charge in [0.25, 0.3) is 0 Å². The van der Waals surface area contributed by atoms with Crippen molar-refractivity contribution in [3.8, 4) is 5.75 Å². The maximum Gasteiger partial charge on any atom is 0.198 e. The molecule has 0 radical (unpaired) electrons. The summed E-state index contributed by atoms with van der Waals surface area (Å²) in [6.07, 6.45) is 8.85. The van der Waals surface area contributed by atoms with Crippen molar-refractivity contribution in [3.63, 3.8) is 0 Å². The minimum absolute atomic E-state index is 0.120. The summed E-state index contributed by atoms with van der Waals surface area (Å²) in [7, 11) is 0. The van der Waals surface area contributed by atoms with Crippen LogP contribution in [0.4, 0.5) is 0 Å². The third-order valence-corrected chi connectivity index (χ3v) is 6.44. The lowest BCUT2D eigenvalue weighted by atomic mass is 9.72. The number of fused-ring (bicyclic) bond motifs is 2.